The number of amides is 1. The summed E-state index contributed by atoms with van der Waals surface area (Å²) in [5.41, 5.74) is -0.161. The molecule has 1 aliphatic heterocycles. The topological polar surface area (TPSA) is 75.7 Å². The molecule has 2 saturated carbocycles. The van der Waals surface area contributed by atoms with E-state index in [4.69, 9.17) is 27.9 Å². The number of piperidine rings is 1. The highest BCUT2D eigenvalue weighted by atomic mass is 35.5. The molecule has 0 atom stereocenters. The molecule has 218 valence electrons. The van der Waals surface area contributed by atoms with Crippen molar-refractivity contribution in [3.8, 4) is 5.75 Å². The van der Waals surface area contributed by atoms with E-state index in [9.17, 15) is 30.8 Å². The summed E-state index contributed by atoms with van der Waals surface area (Å²) in [5, 5.41) is -0.630. The molecule has 1 heterocycles. The molecule has 2 aromatic carbocycles. The van der Waals surface area contributed by atoms with E-state index in [2.05, 4.69) is 0 Å². The lowest BCUT2D eigenvalue weighted by molar-refractivity contribution is -0.137. The average Bonchev–Trinajstić information content (AvgIpc) is 3.78. The van der Waals surface area contributed by atoms with E-state index in [-0.39, 0.29) is 34.0 Å². The molecule has 3 aliphatic rings. The van der Waals surface area contributed by atoms with E-state index < -0.39 is 38.7 Å². The monoisotopic (exact) mass is 622 g/mol. The average molecular weight is 623 g/mol. The molecule has 2 aliphatic carbocycles. The van der Waals surface area contributed by atoms with Crippen LogP contribution in [0.5, 0.6) is 5.75 Å². The lowest BCUT2D eigenvalue weighted by Gasteiger charge is -2.32. The molecule has 5 rings (SSSR count). The van der Waals surface area contributed by atoms with Crippen molar-refractivity contribution in [1.29, 1.82) is 0 Å². The molecule has 0 bridgehead atoms. The maximum atomic E-state index is 14.9. The smallest absolute Gasteiger partial charge is 0.416 e. The highest BCUT2D eigenvalue weighted by Gasteiger charge is 2.38. The fraction of sp³-hybridized carbons (Fsp3) is 0.519. The Labute approximate surface area is 240 Å². The predicted molar refractivity (Wildman–Crippen MR) is 143 cm³/mol. The Morgan fingerprint density at radius 1 is 1.02 bits per heavy atom. The van der Waals surface area contributed by atoms with Gasteiger partial charge in [0.1, 0.15) is 11.6 Å². The second-order valence-electron chi connectivity index (χ2n) is 10.8. The Balaban J connectivity index is 1.19. The van der Waals surface area contributed by atoms with Crippen LogP contribution in [0.3, 0.4) is 0 Å². The van der Waals surface area contributed by atoms with Crippen LogP contribution in [-0.4, -0.2) is 44.2 Å². The Hall–Kier alpha value is -2.08. The van der Waals surface area contributed by atoms with Gasteiger partial charge in [-0.25, -0.2) is 17.5 Å². The summed E-state index contributed by atoms with van der Waals surface area (Å²) >= 11 is 12.1. The number of ether oxygens (including phenoxy) is 1. The maximum absolute atomic E-state index is 14.9. The maximum Gasteiger partial charge on any atom is 0.416 e. The van der Waals surface area contributed by atoms with Crippen LogP contribution in [0.1, 0.15) is 71.5 Å². The highest BCUT2D eigenvalue weighted by molar-refractivity contribution is 7.91. The molecule has 6 nitrogen and oxygen atoms in total. The first kappa shape index (κ1) is 29.4. The predicted octanol–water partition coefficient (Wildman–Crippen LogP) is 6.54. The van der Waals surface area contributed by atoms with Crippen molar-refractivity contribution in [2.45, 2.75) is 62.4 Å². The number of carbonyl (C=O) groups excluding carboxylic acids is 1. The van der Waals surface area contributed by atoms with Gasteiger partial charge in [-0.3, -0.25) is 9.69 Å². The van der Waals surface area contributed by atoms with Crippen LogP contribution < -0.4 is 9.46 Å². The van der Waals surface area contributed by atoms with Crippen molar-refractivity contribution < 1.29 is 35.5 Å². The van der Waals surface area contributed by atoms with Crippen LogP contribution >= 0.6 is 23.2 Å². The fourth-order valence-corrected chi connectivity index (χ4v) is 6.61. The number of likely N-dealkylation sites (tertiary alicyclic amines) is 1. The number of nitrogens with one attached hydrogen (secondary N) is 1. The Kier molecular flexibility index (Phi) is 8.31. The number of nitrogens with zero attached hydrogens (tertiary/aromatic N) is 1. The van der Waals surface area contributed by atoms with Crippen molar-refractivity contribution in [3.63, 3.8) is 0 Å². The minimum atomic E-state index is -4.53. The van der Waals surface area contributed by atoms with Crippen molar-refractivity contribution in [2.75, 3.05) is 19.7 Å². The molecule has 0 aromatic heterocycles. The zero-order valence-corrected chi connectivity index (χ0v) is 23.7. The van der Waals surface area contributed by atoms with Gasteiger partial charge in [0.25, 0.3) is 5.91 Å². The summed E-state index contributed by atoms with van der Waals surface area (Å²) < 4.78 is 86.8. The van der Waals surface area contributed by atoms with E-state index in [1.54, 1.807) is 0 Å². The van der Waals surface area contributed by atoms with Gasteiger partial charge in [-0.15, -0.1) is 0 Å². The summed E-state index contributed by atoms with van der Waals surface area (Å²) in [6, 6.07) is 4.40. The third kappa shape index (κ3) is 6.86. The molecule has 13 heteroatoms. The number of alkyl halides is 3. The van der Waals surface area contributed by atoms with Crippen LogP contribution in [0, 0.1) is 11.7 Å². The molecule has 1 N–H and O–H groups in total. The highest BCUT2D eigenvalue weighted by Crippen LogP contribution is 2.45. The van der Waals surface area contributed by atoms with Gasteiger partial charge in [0, 0.05) is 12.6 Å². The van der Waals surface area contributed by atoms with Crippen molar-refractivity contribution in [2.24, 2.45) is 5.92 Å². The molecule has 40 heavy (non-hydrogen) atoms. The van der Waals surface area contributed by atoms with E-state index in [0.717, 1.165) is 31.0 Å². The summed E-state index contributed by atoms with van der Waals surface area (Å²) in [6.07, 6.45) is -0.401. The second-order valence-corrected chi connectivity index (χ2v) is 13.5. The van der Waals surface area contributed by atoms with Crippen LogP contribution in [-0.2, 0) is 22.7 Å². The molecular weight excluding hydrogens is 595 g/mol. The molecule has 1 saturated heterocycles. The van der Waals surface area contributed by atoms with Crippen LogP contribution in [0.25, 0.3) is 0 Å². The normalized spacial score (nSPS) is 19.1. The van der Waals surface area contributed by atoms with Crippen molar-refractivity contribution in [1.82, 2.24) is 9.62 Å². The van der Waals surface area contributed by atoms with E-state index in [1.807, 2.05) is 9.62 Å². The SMILES string of the molecule is O=C(NS(=O)(=O)C1CC1)c1cc(C2CC2)c(OCC2CCN(Cc3cc(C(F)(F)F)cc(Cl)c3Cl)CC2)cc1F. The first-order chi connectivity index (χ1) is 18.8. The number of carbonyl (C=O) groups is 1. The summed E-state index contributed by atoms with van der Waals surface area (Å²) in [7, 11) is -3.81. The van der Waals surface area contributed by atoms with Gasteiger partial charge in [-0.1, -0.05) is 23.2 Å². The number of rotatable bonds is 9. The van der Waals surface area contributed by atoms with E-state index >= 15 is 0 Å². The van der Waals surface area contributed by atoms with Gasteiger partial charge in [-0.05, 0) is 92.8 Å². The van der Waals surface area contributed by atoms with Gasteiger partial charge in [-0.2, -0.15) is 13.2 Å². The van der Waals surface area contributed by atoms with Crippen molar-refractivity contribution >= 4 is 39.1 Å². The molecule has 0 spiro atoms. The van der Waals surface area contributed by atoms with Gasteiger partial charge in [0.2, 0.25) is 10.0 Å². The van der Waals surface area contributed by atoms with Crippen LogP contribution in [0.4, 0.5) is 17.6 Å². The van der Waals surface area contributed by atoms with Gasteiger partial charge >= 0.3 is 6.18 Å². The standard InChI is InChI=1S/C27H28Cl2F4N2O4S/c28-22-10-18(27(31,32)33)9-17(25(22)29)13-35-7-5-15(6-8-35)14-39-24-12-23(30)21(11-20(24)16-1-2-16)26(36)34-40(37,38)19-3-4-19/h9-12,15-16,19H,1-8,13-14H2,(H,34,36). The minimum Gasteiger partial charge on any atom is -0.493 e. The number of benzene rings is 2. The Bertz CT molecular complexity index is 1400. The lowest BCUT2D eigenvalue weighted by atomic mass is 9.97. The molecule has 3 fully saturated rings. The lowest BCUT2D eigenvalue weighted by Crippen LogP contribution is -2.35. The van der Waals surface area contributed by atoms with Crippen LogP contribution in [0.2, 0.25) is 10.0 Å². The largest absolute Gasteiger partial charge is 0.493 e. The summed E-state index contributed by atoms with van der Waals surface area (Å²) in [6.45, 7) is 1.76. The molecule has 0 unspecified atom stereocenters. The Morgan fingerprint density at radius 2 is 1.70 bits per heavy atom. The van der Waals surface area contributed by atoms with Gasteiger partial charge in [0.15, 0.2) is 0 Å². The zero-order valence-electron chi connectivity index (χ0n) is 21.4. The molecule has 1 amide bonds. The number of hydrogen-bond acceptors (Lipinski definition) is 5. The Morgan fingerprint density at radius 3 is 2.30 bits per heavy atom. The minimum absolute atomic E-state index is 0.108. The summed E-state index contributed by atoms with van der Waals surface area (Å²) in [5.74, 6) is -1.23. The third-order valence-electron chi connectivity index (χ3n) is 7.57. The fourth-order valence-electron chi connectivity index (χ4n) is 4.91. The second kappa shape index (κ2) is 11.3. The molecule has 2 aromatic rings. The number of halogens is 6. The number of hydrogen-bond donors (Lipinski definition) is 1. The first-order valence-electron chi connectivity index (χ1n) is 13.1. The van der Waals surface area contributed by atoms with Gasteiger partial charge in [0.05, 0.1) is 33.0 Å². The summed E-state index contributed by atoms with van der Waals surface area (Å²) in [4.78, 5) is 14.6. The molecular formula is C27H28Cl2F4N2O4S. The quantitative estimate of drug-likeness (QED) is 0.321. The number of sulfonamides is 1. The molecule has 0 radical (unpaired) electrons. The van der Waals surface area contributed by atoms with Gasteiger partial charge < -0.3 is 4.74 Å². The zero-order chi connectivity index (χ0) is 28.8. The van der Waals surface area contributed by atoms with Crippen LogP contribution in [0.15, 0.2) is 24.3 Å². The van der Waals surface area contributed by atoms with Crippen molar-refractivity contribution in [3.05, 3.63) is 62.4 Å². The third-order valence-corrected chi connectivity index (χ3v) is 10.2. The van der Waals surface area contributed by atoms with E-state index in [1.165, 1.54) is 6.07 Å². The van der Waals surface area contributed by atoms with E-state index in [0.29, 0.717) is 62.3 Å². The first-order valence-corrected chi connectivity index (χ1v) is 15.4.